The van der Waals surface area contributed by atoms with Gasteiger partial charge in [0.25, 0.3) is 5.91 Å². The van der Waals surface area contributed by atoms with Gasteiger partial charge < -0.3 is 9.32 Å². The van der Waals surface area contributed by atoms with Crippen molar-refractivity contribution >= 4 is 5.91 Å². The highest BCUT2D eigenvalue weighted by Crippen LogP contribution is 2.47. The highest BCUT2D eigenvalue weighted by molar-refractivity contribution is 6.00. The minimum atomic E-state index is 0.107. The molecule has 0 radical (unpaired) electrons. The Bertz CT molecular complexity index is 921. The number of nitrogens with zero attached hydrogens (tertiary/aromatic N) is 3. The van der Waals surface area contributed by atoms with Gasteiger partial charge in [0.1, 0.15) is 6.26 Å². The number of benzene rings is 1. The third kappa shape index (κ3) is 2.43. The van der Waals surface area contributed by atoms with Crippen LogP contribution in [0.3, 0.4) is 0 Å². The van der Waals surface area contributed by atoms with E-state index in [9.17, 15) is 4.79 Å². The van der Waals surface area contributed by atoms with Crippen LogP contribution in [-0.2, 0) is 6.54 Å². The van der Waals surface area contributed by atoms with E-state index in [1.807, 2.05) is 41.4 Å². The Labute approximate surface area is 145 Å². The fourth-order valence-corrected chi connectivity index (χ4v) is 3.78. The second kappa shape index (κ2) is 5.55. The van der Waals surface area contributed by atoms with Gasteiger partial charge in [0.2, 0.25) is 5.89 Å². The zero-order valence-corrected chi connectivity index (χ0v) is 13.6. The van der Waals surface area contributed by atoms with Crippen LogP contribution in [0.25, 0.3) is 11.5 Å². The van der Waals surface area contributed by atoms with Crippen LogP contribution >= 0.6 is 0 Å². The molecule has 0 unspecified atom stereocenters. The maximum absolute atomic E-state index is 12.8. The highest BCUT2D eigenvalue weighted by atomic mass is 16.3. The number of fused-ring (bicyclic) bond motifs is 1. The van der Waals surface area contributed by atoms with Gasteiger partial charge in [-0.3, -0.25) is 9.78 Å². The van der Waals surface area contributed by atoms with E-state index in [1.165, 1.54) is 0 Å². The predicted octanol–water partition coefficient (Wildman–Crippen LogP) is 3.50. The monoisotopic (exact) mass is 331 g/mol. The number of carbonyl (C=O) groups excluding carboxylic acids is 1. The second-order valence-electron chi connectivity index (χ2n) is 6.71. The molecule has 1 fully saturated rings. The number of pyridine rings is 1. The van der Waals surface area contributed by atoms with Crippen molar-refractivity contribution in [2.24, 2.45) is 5.92 Å². The molecule has 0 saturated heterocycles. The van der Waals surface area contributed by atoms with Crippen molar-refractivity contribution in [3.8, 4) is 11.5 Å². The molecule has 5 heteroatoms. The molecule has 1 aliphatic carbocycles. The third-order valence-corrected chi connectivity index (χ3v) is 5.15. The van der Waals surface area contributed by atoms with Crippen molar-refractivity contribution in [2.45, 2.75) is 18.9 Å². The van der Waals surface area contributed by atoms with Gasteiger partial charge in [-0.2, -0.15) is 0 Å². The molecule has 1 aromatic carbocycles. The Hall–Kier alpha value is -2.95. The van der Waals surface area contributed by atoms with Crippen molar-refractivity contribution in [1.29, 1.82) is 0 Å². The molecular formula is C20H17N3O2. The van der Waals surface area contributed by atoms with Crippen molar-refractivity contribution in [3.63, 3.8) is 0 Å². The zero-order valence-electron chi connectivity index (χ0n) is 13.6. The normalized spacial score (nSPS) is 21.4. The van der Waals surface area contributed by atoms with Crippen LogP contribution in [0, 0.1) is 5.92 Å². The van der Waals surface area contributed by atoms with Gasteiger partial charge in [-0.15, -0.1) is 0 Å². The largest absolute Gasteiger partial charge is 0.445 e. The summed E-state index contributed by atoms with van der Waals surface area (Å²) in [6.07, 6.45) is 6.13. The molecule has 1 amide bonds. The smallest absolute Gasteiger partial charge is 0.254 e. The lowest BCUT2D eigenvalue weighted by Crippen LogP contribution is -2.26. The summed E-state index contributed by atoms with van der Waals surface area (Å²) in [5.74, 6) is 1.65. The quantitative estimate of drug-likeness (QED) is 0.734. The van der Waals surface area contributed by atoms with Crippen LogP contribution in [0.4, 0.5) is 0 Å². The summed E-state index contributed by atoms with van der Waals surface area (Å²) in [5, 5.41) is 0. The molecule has 1 saturated carbocycles. The summed E-state index contributed by atoms with van der Waals surface area (Å²) < 4.78 is 5.43. The van der Waals surface area contributed by atoms with Gasteiger partial charge in [0.05, 0.1) is 6.20 Å². The van der Waals surface area contributed by atoms with E-state index < -0.39 is 0 Å². The van der Waals surface area contributed by atoms with Crippen molar-refractivity contribution < 1.29 is 9.21 Å². The van der Waals surface area contributed by atoms with Gasteiger partial charge in [-0.05, 0) is 42.2 Å². The van der Waals surface area contributed by atoms with Gasteiger partial charge >= 0.3 is 0 Å². The maximum Gasteiger partial charge on any atom is 0.254 e. The summed E-state index contributed by atoms with van der Waals surface area (Å²) in [6, 6.07) is 11.8. The number of rotatable bonds is 4. The van der Waals surface area contributed by atoms with Crippen LogP contribution in [0.2, 0.25) is 0 Å². The van der Waals surface area contributed by atoms with E-state index >= 15 is 0 Å². The molecule has 25 heavy (non-hydrogen) atoms. The molecule has 5 nitrogen and oxygen atoms in total. The lowest BCUT2D eigenvalue weighted by molar-refractivity contribution is 0.0770. The van der Waals surface area contributed by atoms with Crippen LogP contribution in [0.1, 0.15) is 34.0 Å². The number of hydrogen-bond acceptors (Lipinski definition) is 4. The van der Waals surface area contributed by atoms with Crippen LogP contribution in [0.15, 0.2) is 59.5 Å². The van der Waals surface area contributed by atoms with E-state index in [0.717, 1.165) is 35.3 Å². The lowest BCUT2D eigenvalue weighted by atomic mass is 10.0. The van der Waals surface area contributed by atoms with Crippen molar-refractivity contribution in [1.82, 2.24) is 14.9 Å². The highest BCUT2D eigenvalue weighted by Gasteiger charge is 2.42. The number of oxazole rings is 1. The van der Waals surface area contributed by atoms with E-state index in [4.69, 9.17) is 4.42 Å². The predicted molar refractivity (Wildman–Crippen MR) is 91.8 cm³/mol. The summed E-state index contributed by atoms with van der Waals surface area (Å²) >= 11 is 0. The maximum atomic E-state index is 12.8. The minimum absolute atomic E-state index is 0.107. The first-order valence-corrected chi connectivity index (χ1v) is 8.53. The molecule has 2 aliphatic rings. The fraction of sp³-hybridized carbons (Fsp3) is 0.250. The van der Waals surface area contributed by atoms with Crippen LogP contribution in [0.5, 0.6) is 0 Å². The van der Waals surface area contributed by atoms with Crippen molar-refractivity contribution in [3.05, 3.63) is 71.9 Å². The average Bonchev–Trinajstić information content (AvgIpc) is 3.06. The minimum Gasteiger partial charge on any atom is -0.445 e. The molecule has 5 rings (SSSR count). The van der Waals surface area contributed by atoms with Crippen LogP contribution in [-0.4, -0.2) is 27.3 Å². The Morgan fingerprint density at radius 3 is 2.80 bits per heavy atom. The first kappa shape index (κ1) is 14.4. The third-order valence-electron chi connectivity index (χ3n) is 5.15. The molecular weight excluding hydrogens is 314 g/mol. The number of carbonyl (C=O) groups is 1. The Morgan fingerprint density at radius 1 is 1.08 bits per heavy atom. The number of aromatic nitrogens is 2. The topological polar surface area (TPSA) is 59.2 Å². The van der Waals surface area contributed by atoms with Crippen molar-refractivity contribution in [2.75, 3.05) is 6.54 Å². The molecule has 3 aromatic rings. The summed E-state index contributed by atoms with van der Waals surface area (Å²) in [7, 11) is 0. The molecule has 0 bridgehead atoms. The van der Waals surface area contributed by atoms with Gasteiger partial charge in [0.15, 0.2) is 0 Å². The first-order valence-electron chi connectivity index (χ1n) is 8.53. The van der Waals surface area contributed by atoms with E-state index in [1.54, 1.807) is 12.5 Å². The number of hydrogen-bond donors (Lipinski definition) is 0. The summed E-state index contributed by atoms with van der Waals surface area (Å²) in [5.41, 5.74) is 3.84. The standard InChI is InChI=1S/C20H17N3O2/c24-20-15-5-3-4-14(19-22-8-9-25-19)17(15)12-23(20)11-13-10-16(13)18-6-1-2-7-21-18/h1-9,13,16H,10-12H2/t13-,16+/m1/s1. The first-order chi connectivity index (χ1) is 12.3. The SMILES string of the molecule is O=C1c2cccc(-c3ncco3)c2CN1C[C@H]1C[C@@H]1c1ccccn1. The Morgan fingerprint density at radius 2 is 2.00 bits per heavy atom. The van der Waals surface area contributed by atoms with Gasteiger partial charge in [0, 0.05) is 42.0 Å². The van der Waals surface area contributed by atoms with Gasteiger partial charge in [-0.1, -0.05) is 12.1 Å². The summed E-state index contributed by atoms with van der Waals surface area (Å²) in [4.78, 5) is 23.4. The van der Waals surface area contributed by atoms with Crippen LogP contribution < -0.4 is 0 Å². The molecule has 1 aliphatic heterocycles. The molecule has 0 spiro atoms. The van der Waals surface area contributed by atoms with E-state index in [0.29, 0.717) is 24.3 Å². The average molecular weight is 331 g/mol. The molecule has 2 aromatic heterocycles. The van der Waals surface area contributed by atoms with E-state index in [-0.39, 0.29) is 5.91 Å². The molecule has 3 heterocycles. The van der Waals surface area contributed by atoms with Gasteiger partial charge in [-0.25, -0.2) is 4.98 Å². The molecule has 0 N–H and O–H groups in total. The molecule has 2 atom stereocenters. The molecule has 124 valence electrons. The Balaban J connectivity index is 1.36. The lowest BCUT2D eigenvalue weighted by Gasteiger charge is -2.15. The van der Waals surface area contributed by atoms with E-state index in [2.05, 4.69) is 16.0 Å². The zero-order chi connectivity index (χ0) is 16.8. The second-order valence-corrected chi connectivity index (χ2v) is 6.71. The number of amides is 1. The summed E-state index contributed by atoms with van der Waals surface area (Å²) in [6.45, 7) is 1.40. The fourth-order valence-electron chi connectivity index (χ4n) is 3.78. The Kier molecular flexibility index (Phi) is 3.20.